The first-order valence-corrected chi connectivity index (χ1v) is 8.63. The molecule has 24 heavy (non-hydrogen) atoms. The van der Waals surface area contributed by atoms with Crippen LogP contribution in [0.4, 0.5) is 0 Å². The molecule has 2 N–H and O–H groups in total. The number of nitrogens with zero attached hydrogens (tertiary/aromatic N) is 1. The van der Waals surface area contributed by atoms with Crippen LogP contribution in [0.15, 0.2) is 42.6 Å². The fraction of sp³-hybridized carbons (Fsp3) is 0.333. The molecule has 3 atom stereocenters. The molecule has 0 radical (unpaired) electrons. The zero-order valence-electron chi connectivity index (χ0n) is 13.0. The standard InChI is InChI=1S/C18H18Cl2N2O2/c19-14-6-4-11(9-15(14)20)13-10-22-16(17(13)18(23)24)7-5-12-3-1-2-8-21-12/h1-4,6,8-9,13,16-17,22H,5,7,10H2,(H,23,24)/t13?,16?,17-/m1/s1. The summed E-state index contributed by atoms with van der Waals surface area (Å²) in [6, 6.07) is 11.0. The van der Waals surface area contributed by atoms with Crippen molar-refractivity contribution in [1.82, 2.24) is 10.3 Å². The van der Waals surface area contributed by atoms with E-state index in [4.69, 9.17) is 23.2 Å². The van der Waals surface area contributed by atoms with Gasteiger partial charge in [0.15, 0.2) is 0 Å². The molecule has 4 nitrogen and oxygen atoms in total. The van der Waals surface area contributed by atoms with E-state index in [9.17, 15) is 9.90 Å². The number of aliphatic carboxylic acids is 1. The third-order valence-corrected chi connectivity index (χ3v) is 5.30. The molecule has 0 bridgehead atoms. The van der Waals surface area contributed by atoms with Gasteiger partial charge in [-0.2, -0.15) is 0 Å². The molecule has 1 aliphatic heterocycles. The molecule has 3 rings (SSSR count). The molecule has 0 amide bonds. The van der Waals surface area contributed by atoms with E-state index >= 15 is 0 Å². The summed E-state index contributed by atoms with van der Waals surface area (Å²) >= 11 is 12.1. The number of carboxylic acid groups (broad SMARTS) is 1. The van der Waals surface area contributed by atoms with Gasteiger partial charge in [-0.25, -0.2) is 0 Å². The van der Waals surface area contributed by atoms with Crippen LogP contribution in [0.5, 0.6) is 0 Å². The number of rotatable bonds is 5. The zero-order chi connectivity index (χ0) is 17.1. The Morgan fingerprint density at radius 2 is 2.08 bits per heavy atom. The molecular weight excluding hydrogens is 347 g/mol. The van der Waals surface area contributed by atoms with Gasteiger partial charge in [-0.15, -0.1) is 0 Å². The molecule has 0 saturated carbocycles. The maximum absolute atomic E-state index is 11.8. The van der Waals surface area contributed by atoms with Gasteiger partial charge in [0.2, 0.25) is 0 Å². The van der Waals surface area contributed by atoms with Gasteiger partial charge < -0.3 is 10.4 Å². The highest BCUT2D eigenvalue weighted by Crippen LogP contribution is 2.36. The molecule has 0 spiro atoms. The predicted octanol–water partition coefficient (Wildman–Crippen LogP) is 3.78. The van der Waals surface area contributed by atoms with Gasteiger partial charge >= 0.3 is 5.97 Å². The number of benzene rings is 1. The molecule has 1 aromatic carbocycles. The lowest BCUT2D eigenvalue weighted by Crippen LogP contribution is -2.33. The average Bonchev–Trinajstić information content (AvgIpc) is 3.00. The zero-order valence-corrected chi connectivity index (χ0v) is 14.5. The second kappa shape index (κ2) is 7.51. The second-order valence-electron chi connectivity index (χ2n) is 6.02. The van der Waals surface area contributed by atoms with E-state index in [1.54, 1.807) is 18.3 Å². The summed E-state index contributed by atoms with van der Waals surface area (Å²) in [5, 5.41) is 14.0. The molecule has 1 aromatic heterocycles. The molecule has 6 heteroatoms. The Hall–Kier alpha value is -1.62. The Balaban J connectivity index is 1.75. The minimum absolute atomic E-state index is 0.0936. The minimum Gasteiger partial charge on any atom is -0.481 e. The van der Waals surface area contributed by atoms with Crippen LogP contribution < -0.4 is 5.32 Å². The summed E-state index contributed by atoms with van der Waals surface area (Å²) < 4.78 is 0. The summed E-state index contributed by atoms with van der Waals surface area (Å²) in [6.45, 7) is 0.613. The highest BCUT2D eigenvalue weighted by molar-refractivity contribution is 6.42. The summed E-state index contributed by atoms with van der Waals surface area (Å²) in [5.74, 6) is -1.40. The van der Waals surface area contributed by atoms with Crippen molar-refractivity contribution in [3.63, 3.8) is 0 Å². The van der Waals surface area contributed by atoms with Crippen LogP contribution in [-0.2, 0) is 11.2 Å². The highest BCUT2D eigenvalue weighted by atomic mass is 35.5. The molecule has 1 fully saturated rings. The summed E-state index contributed by atoms with van der Waals surface area (Å²) in [4.78, 5) is 16.1. The van der Waals surface area contributed by atoms with Crippen LogP contribution in [0.25, 0.3) is 0 Å². The van der Waals surface area contributed by atoms with Crippen LogP contribution in [0.3, 0.4) is 0 Å². The van der Waals surface area contributed by atoms with Crippen LogP contribution >= 0.6 is 23.2 Å². The lowest BCUT2D eigenvalue weighted by molar-refractivity contribution is -0.142. The van der Waals surface area contributed by atoms with Crippen molar-refractivity contribution >= 4 is 29.2 Å². The van der Waals surface area contributed by atoms with Crippen molar-refractivity contribution in [3.05, 3.63) is 63.9 Å². The maximum Gasteiger partial charge on any atom is 0.308 e. The van der Waals surface area contributed by atoms with E-state index in [1.807, 2.05) is 24.3 Å². The molecule has 2 aromatic rings. The lowest BCUT2D eigenvalue weighted by atomic mass is 9.84. The number of nitrogens with one attached hydrogen (secondary N) is 1. The smallest absolute Gasteiger partial charge is 0.308 e. The first kappa shape index (κ1) is 17.2. The van der Waals surface area contributed by atoms with Crippen molar-refractivity contribution in [1.29, 1.82) is 0 Å². The summed E-state index contributed by atoms with van der Waals surface area (Å²) in [6.07, 6.45) is 3.23. The summed E-state index contributed by atoms with van der Waals surface area (Å²) in [5.41, 5.74) is 1.88. The van der Waals surface area contributed by atoms with Gasteiger partial charge in [-0.05, 0) is 42.7 Å². The second-order valence-corrected chi connectivity index (χ2v) is 6.83. The Labute approximate surface area is 150 Å². The Bertz CT molecular complexity index is 724. The van der Waals surface area contributed by atoms with Gasteiger partial charge in [0.05, 0.1) is 16.0 Å². The number of hydrogen-bond donors (Lipinski definition) is 2. The van der Waals surface area contributed by atoms with E-state index in [0.717, 1.165) is 24.1 Å². The molecule has 2 heterocycles. The first-order valence-electron chi connectivity index (χ1n) is 7.87. The molecule has 0 aliphatic carbocycles. The van der Waals surface area contributed by atoms with Crippen LogP contribution in [-0.4, -0.2) is 28.6 Å². The number of aryl methyl sites for hydroxylation is 1. The van der Waals surface area contributed by atoms with Crippen LogP contribution in [0.2, 0.25) is 10.0 Å². The van der Waals surface area contributed by atoms with Crippen molar-refractivity contribution in [2.75, 3.05) is 6.54 Å². The van der Waals surface area contributed by atoms with Crippen LogP contribution in [0.1, 0.15) is 23.6 Å². The Kier molecular flexibility index (Phi) is 5.39. The number of pyridine rings is 1. The van der Waals surface area contributed by atoms with Gasteiger partial charge in [0, 0.05) is 30.4 Å². The first-order chi connectivity index (χ1) is 11.6. The highest BCUT2D eigenvalue weighted by Gasteiger charge is 2.41. The minimum atomic E-state index is -0.790. The summed E-state index contributed by atoms with van der Waals surface area (Å²) in [7, 11) is 0. The van der Waals surface area contributed by atoms with E-state index in [0.29, 0.717) is 16.6 Å². The predicted molar refractivity (Wildman–Crippen MR) is 94.7 cm³/mol. The van der Waals surface area contributed by atoms with Gasteiger partial charge in [0.25, 0.3) is 0 Å². The SMILES string of the molecule is O=C(O)[C@H]1C(CCc2ccccn2)NCC1c1ccc(Cl)c(Cl)c1. The average molecular weight is 365 g/mol. The third-order valence-electron chi connectivity index (χ3n) is 4.56. The van der Waals surface area contributed by atoms with Crippen molar-refractivity contribution < 1.29 is 9.90 Å². The van der Waals surface area contributed by atoms with Gasteiger partial charge in [-0.1, -0.05) is 35.3 Å². The van der Waals surface area contributed by atoms with Crippen LogP contribution in [0, 0.1) is 5.92 Å². The lowest BCUT2D eigenvalue weighted by Gasteiger charge is -2.20. The van der Waals surface area contributed by atoms with E-state index in [1.165, 1.54) is 0 Å². The third kappa shape index (κ3) is 3.72. The number of carbonyl (C=O) groups is 1. The molecule has 2 unspecified atom stereocenters. The van der Waals surface area contributed by atoms with Gasteiger partial charge in [-0.3, -0.25) is 9.78 Å². The van der Waals surface area contributed by atoms with E-state index in [-0.39, 0.29) is 12.0 Å². The quantitative estimate of drug-likeness (QED) is 0.847. The fourth-order valence-corrected chi connectivity index (χ4v) is 3.66. The monoisotopic (exact) mass is 364 g/mol. The molecule has 1 saturated heterocycles. The largest absolute Gasteiger partial charge is 0.481 e. The number of aromatic nitrogens is 1. The van der Waals surface area contributed by atoms with Crippen molar-refractivity contribution in [2.45, 2.75) is 24.8 Å². The number of carboxylic acids is 1. The van der Waals surface area contributed by atoms with E-state index in [2.05, 4.69) is 10.3 Å². The number of hydrogen-bond acceptors (Lipinski definition) is 3. The van der Waals surface area contributed by atoms with Gasteiger partial charge in [0.1, 0.15) is 0 Å². The molecular formula is C18H18Cl2N2O2. The molecule has 1 aliphatic rings. The Morgan fingerprint density at radius 1 is 1.25 bits per heavy atom. The Morgan fingerprint density at radius 3 is 2.75 bits per heavy atom. The maximum atomic E-state index is 11.8. The fourth-order valence-electron chi connectivity index (χ4n) is 3.36. The topological polar surface area (TPSA) is 62.2 Å². The van der Waals surface area contributed by atoms with Crippen molar-refractivity contribution in [3.8, 4) is 0 Å². The van der Waals surface area contributed by atoms with E-state index < -0.39 is 11.9 Å². The molecule has 126 valence electrons. The number of halogens is 2. The van der Waals surface area contributed by atoms with Crippen molar-refractivity contribution in [2.24, 2.45) is 5.92 Å². The normalized spacial score (nSPS) is 23.3.